The van der Waals surface area contributed by atoms with Crippen LogP contribution in [0.3, 0.4) is 0 Å². The van der Waals surface area contributed by atoms with E-state index in [4.69, 9.17) is 9.47 Å². The monoisotopic (exact) mass is 1040 g/mol. The summed E-state index contributed by atoms with van der Waals surface area (Å²) < 4.78 is 47.8. The molecule has 1 rings (SSSR count). The van der Waals surface area contributed by atoms with Crippen LogP contribution in [0, 0.1) is 0 Å². The van der Waals surface area contributed by atoms with E-state index in [2.05, 4.69) is 35.5 Å². The van der Waals surface area contributed by atoms with Crippen LogP contribution in [0.15, 0.2) is 24.3 Å². The van der Waals surface area contributed by atoms with E-state index < -0.39 is 59.9 Å². The number of rotatable bonds is 53. The number of amides is 1. The smallest absolute Gasteiger partial charge is 0.394 e. The molecule has 12 nitrogen and oxygen atoms in total. The summed E-state index contributed by atoms with van der Waals surface area (Å²) in [5.41, 5.74) is 0. The molecule has 13 heteroatoms. The van der Waals surface area contributed by atoms with Gasteiger partial charge >= 0.3 is 10.4 Å². The van der Waals surface area contributed by atoms with Crippen LogP contribution < -0.4 is 5.32 Å². The molecule has 0 radical (unpaired) electrons. The summed E-state index contributed by atoms with van der Waals surface area (Å²) in [5.74, 6) is -0.259. The lowest BCUT2D eigenvalue weighted by atomic mass is 9.99. The van der Waals surface area contributed by atoms with E-state index in [-0.39, 0.29) is 18.9 Å². The molecule has 0 saturated carbocycles. The third-order valence-corrected chi connectivity index (χ3v) is 14.9. The largest absolute Gasteiger partial charge is 0.397 e. The van der Waals surface area contributed by atoms with Crippen LogP contribution in [0.5, 0.6) is 0 Å². The summed E-state index contributed by atoms with van der Waals surface area (Å²) in [6.07, 6.45) is 52.5. The van der Waals surface area contributed by atoms with Crippen LogP contribution in [0.25, 0.3) is 0 Å². The van der Waals surface area contributed by atoms with Gasteiger partial charge in [-0.05, 0) is 44.9 Å². The normalized spacial score (nSPS) is 19.5. The lowest BCUT2D eigenvalue weighted by Gasteiger charge is -2.41. The second kappa shape index (κ2) is 49.2. The van der Waals surface area contributed by atoms with E-state index in [1.54, 1.807) is 6.08 Å². The van der Waals surface area contributed by atoms with Gasteiger partial charge in [-0.2, -0.15) is 8.42 Å². The van der Waals surface area contributed by atoms with E-state index in [1.165, 1.54) is 225 Å². The minimum Gasteiger partial charge on any atom is -0.394 e. The number of aliphatic hydroxyl groups is 4. The molecule has 1 heterocycles. The molecule has 426 valence electrons. The summed E-state index contributed by atoms with van der Waals surface area (Å²) in [5, 5.41) is 44.9. The van der Waals surface area contributed by atoms with Crippen molar-refractivity contribution < 1.29 is 51.8 Å². The number of carbonyl (C=O) groups excluding carboxylic acids is 1. The lowest BCUT2D eigenvalue weighted by Crippen LogP contribution is -2.61. The highest BCUT2D eigenvalue weighted by molar-refractivity contribution is 7.80. The van der Waals surface area contributed by atoms with Gasteiger partial charge in [-0.25, -0.2) is 4.18 Å². The van der Waals surface area contributed by atoms with Crippen LogP contribution in [-0.4, -0.2) is 95.4 Å². The van der Waals surface area contributed by atoms with Crippen molar-refractivity contribution in [3.05, 3.63) is 24.3 Å². The first-order valence-electron chi connectivity index (χ1n) is 30.2. The zero-order valence-electron chi connectivity index (χ0n) is 46.3. The van der Waals surface area contributed by atoms with Crippen molar-refractivity contribution in [2.24, 2.45) is 0 Å². The Labute approximate surface area is 442 Å². The average Bonchev–Trinajstić information content (AvgIpc) is 3.36. The quantitative estimate of drug-likeness (QED) is 0.0193. The molecule has 7 unspecified atom stereocenters. The lowest BCUT2D eigenvalue weighted by molar-refractivity contribution is -0.298. The molecule has 1 amide bonds. The number of carbonyl (C=O) groups is 1. The van der Waals surface area contributed by atoms with Crippen molar-refractivity contribution in [3.8, 4) is 0 Å². The van der Waals surface area contributed by atoms with Gasteiger partial charge in [-0.15, -0.1) is 0 Å². The minimum atomic E-state index is -5.09. The number of ether oxygens (including phenoxy) is 2. The van der Waals surface area contributed by atoms with E-state index >= 15 is 0 Å². The molecule has 7 atom stereocenters. The maximum absolute atomic E-state index is 13.1. The molecule has 0 aromatic heterocycles. The van der Waals surface area contributed by atoms with Crippen molar-refractivity contribution in [2.45, 2.75) is 333 Å². The first kappa shape index (κ1) is 68.6. The van der Waals surface area contributed by atoms with E-state index in [0.717, 1.165) is 38.5 Å². The Kier molecular flexibility index (Phi) is 46.8. The fourth-order valence-electron chi connectivity index (χ4n) is 9.81. The average molecular weight is 1040 g/mol. The zero-order valence-corrected chi connectivity index (χ0v) is 47.1. The fraction of sp³-hybridized carbons (Fsp3) is 0.915. The number of hydrogen-bond acceptors (Lipinski definition) is 10. The molecule has 0 aromatic carbocycles. The van der Waals surface area contributed by atoms with Crippen molar-refractivity contribution >= 4 is 16.3 Å². The molecule has 1 fully saturated rings. The molecular weight excluding hydrogens is 931 g/mol. The molecule has 1 saturated heterocycles. The van der Waals surface area contributed by atoms with Crippen molar-refractivity contribution in [2.75, 3.05) is 13.2 Å². The number of hydrogen-bond donors (Lipinski definition) is 6. The van der Waals surface area contributed by atoms with E-state index in [0.29, 0.717) is 6.42 Å². The molecule has 72 heavy (non-hydrogen) atoms. The van der Waals surface area contributed by atoms with Crippen molar-refractivity contribution in [3.63, 3.8) is 0 Å². The first-order valence-corrected chi connectivity index (χ1v) is 31.6. The number of aliphatic hydroxyl groups excluding tert-OH is 4. The van der Waals surface area contributed by atoms with Crippen LogP contribution in [-0.2, 0) is 28.9 Å². The minimum absolute atomic E-state index is 0.259. The Balaban J connectivity index is 2.23. The third-order valence-electron chi connectivity index (χ3n) is 14.5. The van der Waals surface area contributed by atoms with Crippen LogP contribution >= 0.6 is 0 Å². The Bertz CT molecular complexity index is 1370. The number of unbranched alkanes of at least 4 members (excludes halogenated alkanes) is 39. The highest BCUT2D eigenvalue weighted by Crippen LogP contribution is 2.26. The van der Waals surface area contributed by atoms with Gasteiger partial charge < -0.3 is 35.2 Å². The third kappa shape index (κ3) is 40.8. The Morgan fingerprint density at radius 1 is 0.542 bits per heavy atom. The predicted molar refractivity (Wildman–Crippen MR) is 296 cm³/mol. The van der Waals surface area contributed by atoms with Gasteiger partial charge in [0.05, 0.1) is 25.4 Å². The van der Waals surface area contributed by atoms with E-state index in [9.17, 15) is 38.2 Å². The van der Waals surface area contributed by atoms with Gasteiger partial charge in [0.25, 0.3) is 0 Å². The van der Waals surface area contributed by atoms with Crippen LogP contribution in [0.1, 0.15) is 290 Å². The molecule has 0 aliphatic carbocycles. The van der Waals surface area contributed by atoms with Gasteiger partial charge in [0.15, 0.2) is 6.29 Å². The summed E-state index contributed by atoms with van der Waals surface area (Å²) >= 11 is 0. The summed E-state index contributed by atoms with van der Waals surface area (Å²) in [4.78, 5) is 13.1. The van der Waals surface area contributed by atoms with Gasteiger partial charge in [0, 0.05) is 6.42 Å². The molecule has 0 bridgehead atoms. The zero-order chi connectivity index (χ0) is 52.6. The number of nitrogens with one attached hydrogen (secondary N) is 1. The highest BCUT2D eigenvalue weighted by Gasteiger charge is 2.48. The van der Waals surface area contributed by atoms with Crippen LogP contribution in [0.4, 0.5) is 0 Å². The molecule has 6 N–H and O–H groups in total. The van der Waals surface area contributed by atoms with Gasteiger partial charge in [0.2, 0.25) is 5.91 Å². The Hall–Kier alpha value is -1.42. The molecule has 1 aliphatic rings. The topological polar surface area (TPSA) is 192 Å². The summed E-state index contributed by atoms with van der Waals surface area (Å²) in [6.45, 7) is 3.42. The standard InChI is InChI=1S/C59H113NO11S/c1-3-5-7-9-11-13-15-17-18-19-20-21-22-23-24-25-26-27-28-29-30-31-32-33-34-35-37-39-41-43-45-47-49-55(63)60-52(53(62)48-46-44-42-40-38-36-16-14-12-10-8-6-4-2)51-69-59-57(65)58(71-72(66,67)68)56(64)54(50-61)70-59/h23-24,46,48,52-54,56-59,61-62,64-65H,3-22,25-45,47,49-51H2,1-2H3,(H,60,63)(H,66,67,68)/b24-23-,48-46+. The highest BCUT2D eigenvalue weighted by atomic mass is 32.3. The Morgan fingerprint density at radius 3 is 1.25 bits per heavy atom. The van der Waals surface area contributed by atoms with Crippen molar-refractivity contribution in [1.82, 2.24) is 5.32 Å². The SMILES string of the molecule is CCCCCCCCCCCCC/C=C/C(O)C(COC1OC(CO)C(O)C(OS(=O)(=O)O)C1O)NC(=O)CCCCCCCCCCCCCCCCCC/C=C\CCCCCCCCCCCCCC. The van der Waals surface area contributed by atoms with Crippen molar-refractivity contribution in [1.29, 1.82) is 0 Å². The van der Waals surface area contributed by atoms with Gasteiger partial charge in [-0.3, -0.25) is 9.35 Å². The summed E-state index contributed by atoms with van der Waals surface area (Å²) in [7, 11) is -5.09. The second-order valence-corrected chi connectivity index (χ2v) is 22.3. The first-order chi connectivity index (χ1) is 35.0. The molecular formula is C59H113NO11S. The molecule has 1 aliphatic heterocycles. The van der Waals surface area contributed by atoms with Gasteiger partial charge in [-0.1, -0.05) is 263 Å². The second-order valence-electron chi connectivity index (χ2n) is 21.3. The maximum Gasteiger partial charge on any atom is 0.397 e. The predicted octanol–water partition coefficient (Wildman–Crippen LogP) is 14.4. The van der Waals surface area contributed by atoms with Gasteiger partial charge in [0.1, 0.15) is 24.4 Å². The summed E-state index contributed by atoms with van der Waals surface area (Å²) in [6, 6.07) is -0.941. The fourth-order valence-corrected chi connectivity index (χ4v) is 10.3. The molecule has 0 spiro atoms. The molecule has 0 aromatic rings. The number of allylic oxidation sites excluding steroid dienone is 3. The van der Waals surface area contributed by atoms with Crippen LogP contribution in [0.2, 0.25) is 0 Å². The van der Waals surface area contributed by atoms with E-state index in [1.807, 2.05) is 6.08 Å². The Morgan fingerprint density at radius 2 is 0.889 bits per heavy atom. The maximum atomic E-state index is 13.1.